The number of nitrogens with zero attached hydrogens (tertiary/aromatic N) is 1. The van der Waals surface area contributed by atoms with E-state index in [2.05, 4.69) is 10.3 Å². The topological polar surface area (TPSA) is 51.2 Å². The van der Waals surface area contributed by atoms with E-state index in [9.17, 15) is 4.79 Å². The van der Waals surface area contributed by atoms with Crippen molar-refractivity contribution in [3.63, 3.8) is 0 Å². The number of fused-ring (bicyclic) bond motifs is 1. The summed E-state index contributed by atoms with van der Waals surface area (Å²) in [5.74, 6) is 0.447. The highest BCUT2D eigenvalue weighted by Crippen LogP contribution is 2.26. The number of rotatable bonds is 5. The standard InChI is InChI=1S/C16H13ClN2O2S/c17-11-5-1-3-7-13(11)21-10-9-15(20)19-16-18-12-6-2-4-8-14(12)22-16/h1-8H,9-10H2,(H,18,19,20). The lowest BCUT2D eigenvalue weighted by atomic mass is 10.3. The lowest BCUT2D eigenvalue weighted by Gasteiger charge is -2.07. The fraction of sp³-hybridized carbons (Fsp3) is 0.125. The third kappa shape index (κ3) is 3.55. The van der Waals surface area contributed by atoms with Crippen molar-refractivity contribution in [3.05, 3.63) is 53.6 Å². The number of benzene rings is 2. The summed E-state index contributed by atoms with van der Waals surface area (Å²) >= 11 is 7.43. The van der Waals surface area contributed by atoms with Gasteiger partial charge in [0, 0.05) is 0 Å². The zero-order valence-electron chi connectivity index (χ0n) is 11.6. The maximum absolute atomic E-state index is 11.9. The molecule has 1 heterocycles. The number of thiazole rings is 1. The fourth-order valence-electron chi connectivity index (χ4n) is 1.92. The molecule has 6 heteroatoms. The summed E-state index contributed by atoms with van der Waals surface area (Å²) in [6, 6.07) is 14.9. The Morgan fingerprint density at radius 2 is 1.95 bits per heavy atom. The molecule has 0 saturated heterocycles. The Hall–Kier alpha value is -2.11. The summed E-state index contributed by atoms with van der Waals surface area (Å²) in [6.45, 7) is 0.264. The van der Waals surface area contributed by atoms with Crippen molar-refractivity contribution in [1.29, 1.82) is 0 Å². The Balaban J connectivity index is 1.53. The number of carbonyl (C=O) groups is 1. The SMILES string of the molecule is O=C(CCOc1ccccc1Cl)Nc1nc2ccccc2s1. The highest BCUT2D eigenvalue weighted by molar-refractivity contribution is 7.22. The van der Waals surface area contributed by atoms with E-state index in [1.165, 1.54) is 11.3 Å². The first kappa shape index (κ1) is 14.8. The molecule has 112 valence electrons. The number of nitrogens with one attached hydrogen (secondary N) is 1. The van der Waals surface area contributed by atoms with Gasteiger partial charge >= 0.3 is 0 Å². The summed E-state index contributed by atoms with van der Waals surface area (Å²) in [4.78, 5) is 16.3. The van der Waals surface area contributed by atoms with Gasteiger partial charge in [-0.05, 0) is 24.3 Å². The van der Waals surface area contributed by atoms with Gasteiger partial charge in [-0.1, -0.05) is 47.2 Å². The number of amides is 1. The first-order valence-electron chi connectivity index (χ1n) is 6.75. The van der Waals surface area contributed by atoms with E-state index in [1.807, 2.05) is 36.4 Å². The van der Waals surface area contributed by atoms with Crippen LogP contribution in [0.15, 0.2) is 48.5 Å². The number of para-hydroxylation sites is 2. The zero-order valence-corrected chi connectivity index (χ0v) is 13.2. The molecular formula is C16H13ClN2O2S. The average molecular weight is 333 g/mol. The van der Waals surface area contributed by atoms with Crippen LogP contribution in [0.5, 0.6) is 5.75 Å². The molecule has 4 nitrogen and oxygen atoms in total. The molecule has 3 rings (SSSR count). The molecule has 2 aromatic carbocycles. The minimum absolute atomic E-state index is 0.133. The van der Waals surface area contributed by atoms with Crippen molar-refractivity contribution in [2.24, 2.45) is 0 Å². The maximum atomic E-state index is 11.9. The number of halogens is 1. The molecule has 0 fully saturated rings. The molecule has 1 amide bonds. The highest BCUT2D eigenvalue weighted by atomic mass is 35.5. The monoisotopic (exact) mass is 332 g/mol. The molecule has 3 aromatic rings. The summed E-state index contributed by atoms with van der Waals surface area (Å²) in [6.07, 6.45) is 0.237. The molecule has 0 aliphatic carbocycles. The van der Waals surface area contributed by atoms with Gasteiger partial charge in [-0.25, -0.2) is 4.98 Å². The van der Waals surface area contributed by atoms with Crippen LogP contribution in [0.2, 0.25) is 5.02 Å². The molecule has 1 aromatic heterocycles. The number of hydrogen-bond donors (Lipinski definition) is 1. The summed E-state index contributed by atoms with van der Waals surface area (Å²) < 4.78 is 6.54. The number of anilines is 1. The molecule has 22 heavy (non-hydrogen) atoms. The predicted octanol–water partition coefficient (Wildman–Crippen LogP) is 4.36. The third-order valence-electron chi connectivity index (χ3n) is 2.96. The van der Waals surface area contributed by atoms with Gasteiger partial charge in [0.15, 0.2) is 5.13 Å². The first-order valence-corrected chi connectivity index (χ1v) is 7.94. The van der Waals surface area contributed by atoms with Crippen LogP contribution in [0.4, 0.5) is 5.13 Å². The molecule has 0 bridgehead atoms. The molecule has 0 unspecified atom stereocenters. The Bertz CT molecular complexity index is 770. The second-order valence-electron chi connectivity index (χ2n) is 4.56. The van der Waals surface area contributed by atoms with Gasteiger partial charge in [0.05, 0.1) is 28.3 Å². The van der Waals surface area contributed by atoms with Gasteiger partial charge in [-0.2, -0.15) is 0 Å². The molecule has 1 N–H and O–H groups in total. The summed E-state index contributed by atoms with van der Waals surface area (Å²) in [7, 11) is 0. The Kier molecular flexibility index (Phi) is 4.56. The van der Waals surface area contributed by atoms with Gasteiger partial charge in [-0.15, -0.1) is 0 Å². The Morgan fingerprint density at radius 3 is 2.77 bits per heavy atom. The highest BCUT2D eigenvalue weighted by Gasteiger charge is 2.08. The zero-order chi connectivity index (χ0) is 15.4. The van der Waals surface area contributed by atoms with Crippen molar-refractivity contribution in [3.8, 4) is 5.75 Å². The largest absolute Gasteiger partial charge is 0.491 e. The molecular weight excluding hydrogens is 320 g/mol. The minimum atomic E-state index is -0.133. The average Bonchev–Trinajstić information content (AvgIpc) is 2.91. The van der Waals surface area contributed by atoms with Crippen LogP contribution in [0, 0.1) is 0 Å². The first-order chi connectivity index (χ1) is 10.7. The van der Waals surface area contributed by atoms with Crippen LogP contribution in [-0.4, -0.2) is 17.5 Å². The van der Waals surface area contributed by atoms with Gasteiger partial charge in [0.25, 0.3) is 0 Å². The van der Waals surface area contributed by atoms with E-state index in [0.29, 0.717) is 15.9 Å². The van der Waals surface area contributed by atoms with Gasteiger partial charge in [-0.3, -0.25) is 4.79 Å². The molecule has 0 aliphatic rings. The van der Waals surface area contributed by atoms with Crippen LogP contribution in [0.3, 0.4) is 0 Å². The van der Waals surface area contributed by atoms with E-state index in [1.54, 1.807) is 12.1 Å². The van der Waals surface area contributed by atoms with Crippen LogP contribution in [-0.2, 0) is 4.79 Å². The second kappa shape index (κ2) is 6.77. The summed E-state index contributed by atoms with van der Waals surface area (Å²) in [5.41, 5.74) is 0.884. The molecule has 0 atom stereocenters. The smallest absolute Gasteiger partial charge is 0.229 e. The van der Waals surface area contributed by atoms with Crippen molar-refractivity contribution in [1.82, 2.24) is 4.98 Å². The molecule has 0 spiro atoms. The number of hydrogen-bond acceptors (Lipinski definition) is 4. The lowest BCUT2D eigenvalue weighted by Crippen LogP contribution is -2.15. The fourth-order valence-corrected chi connectivity index (χ4v) is 3.00. The normalized spacial score (nSPS) is 10.6. The van der Waals surface area contributed by atoms with Gasteiger partial charge < -0.3 is 10.1 Å². The third-order valence-corrected chi connectivity index (χ3v) is 4.23. The minimum Gasteiger partial charge on any atom is -0.491 e. The Labute approximate surface area is 136 Å². The number of carbonyl (C=O) groups excluding carboxylic acids is 1. The van der Waals surface area contributed by atoms with Crippen molar-refractivity contribution < 1.29 is 9.53 Å². The predicted molar refractivity (Wildman–Crippen MR) is 89.8 cm³/mol. The molecule has 0 saturated carbocycles. The number of ether oxygens (including phenoxy) is 1. The van der Waals surface area contributed by atoms with E-state index < -0.39 is 0 Å². The van der Waals surface area contributed by atoms with Crippen molar-refractivity contribution in [2.45, 2.75) is 6.42 Å². The number of aromatic nitrogens is 1. The van der Waals surface area contributed by atoms with Crippen LogP contribution < -0.4 is 10.1 Å². The quantitative estimate of drug-likeness (QED) is 0.755. The van der Waals surface area contributed by atoms with E-state index in [-0.39, 0.29) is 18.9 Å². The van der Waals surface area contributed by atoms with Crippen molar-refractivity contribution in [2.75, 3.05) is 11.9 Å². The maximum Gasteiger partial charge on any atom is 0.229 e. The summed E-state index contributed by atoms with van der Waals surface area (Å²) in [5, 5.41) is 3.92. The van der Waals surface area contributed by atoms with Crippen molar-refractivity contribution >= 4 is 44.2 Å². The van der Waals surface area contributed by atoms with Gasteiger partial charge in [0.1, 0.15) is 5.75 Å². The van der Waals surface area contributed by atoms with E-state index in [0.717, 1.165) is 10.2 Å². The van der Waals surface area contributed by atoms with E-state index in [4.69, 9.17) is 16.3 Å². The Morgan fingerprint density at radius 1 is 1.18 bits per heavy atom. The molecule has 0 aliphatic heterocycles. The van der Waals surface area contributed by atoms with Crippen LogP contribution in [0.1, 0.15) is 6.42 Å². The lowest BCUT2D eigenvalue weighted by molar-refractivity contribution is -0.116. The van der Waals surface area contributed by atoms with E-state index >= 15 is 0 Å². The van der Waals surface area contributed by atoms with Crippen LogP contribution in [0.25, 0.3) is 10.2 Å². The van der Waals surface area contributed by atoms with Crippen LogP contribution >= 0.6 is 22.9 Å². The second-order valence-corrected chi connectivity index (χ2v) is 6.00. The van der Waals surface area contributed by atoms with Gasteiger partial charge in [0.2, 0.25) is 5.91 Å². The molecule has 0 radical (unpaired) electrons.